The zero-order chi connectivity index (χ0) is 6.54. The first-order chi connectivity index (χ1) is 4.12. The van der Waals surface area contributed by atoms with Crippen molar-refractivity contribution in [1.82, 2.24) is 0 Å². The molecule has 2 heterocycles. The van der Waals surface area contributed by atoms with Gasteiger partial charge in [-0.3, -0.25) is 0 Å². The Hall–Kier alpha value is -0.0800. The second kappa shape index (κ2) is 1.32. The molecule has 0 spiro atoms. The number of ether oxygens (including phenoxy) is 1. The summed E-state index contributed by atoms with van der Waals surface area (Å²) < 4.78 is 5.19. The summed E-state index contributed by atoms with van der Waals surface area (Å²) in [5.41, 5.74) is -0.125. The van der Waals surface area contributed by atoms with E-state index in [-0.39, 0.29) is 0 Å². The average Bonchev–Trinajstić information content (AvgIpc) is 1.59. The predicted molar refractivity (Wildman–Crippen MR) is 33.1 cm³/mol. The van der Waals surface area contributed by atoms with Gasteiger partial charge in [-0.05, 0) is 18.3 Å². The third-order valence-corrected chi connectivity index (χ3v) is 2.33. The summed E-state index contributed by atoms with van der Waals surface area (Å²) in [6.07, 6.45) is 1.89. The fourth-order valence-electron chi connectivity index (χ4n) is 2.23. The second-order valence-corrected chi connectivity index (χ2v) is 3.88. The molecular weight excluding hydrogens is 116 g/mol. The van der Waals surface area contributed by atoms with Crippen molar-refractivity contribution in [2.45, 2.75) is 25.4 Å². The van der Waals surface area contributed by atoms with Crippen molar-refractivity contribution in [3.05, 3.63) is 0 Å². The Balaban J connectivity index is 2.12. The first-order valence-electron chi connectivity index (χ1n) is 3.42. The Kier molecular flexibility index (Phi) is 0.837. The molecule has 2 aliphatic heterocycles. The fourth-order valence-corrected chi connectivity index (χ4v) is 2.23. The minimum atomic E-state index is -0.438. The van der Waals surface area contributed by atoms with Crippen molar-refractivity contribution in [3.8, 4) is 0 Å². The van der Waals surface area contributed by atoms with Gasteiger partial charge in [0.05, 0.1) is 18.8 Å². The molecule has 52 valence electrons. The number of rotatable bonds is 0. The zero-order valence-corrected chi connectivity index (χ0v) is 5.68. The van der Waals surface area contributed by atoms with Crippen molar-refractivity contribution in [1.29, 1.82) is 0 Å². The van der Waals surface area contributed by atoms with Gasteiger partial charge in [-0.1, -0.05) is 6.92 Å². The summed E-state index contributed by atoms with van der Waals surface area (Å²) in [6, 6.07) is 0. The van der Waals surface area contributed by atoms with Gasteiger partial charge in [-0.2, -0.15) is 0 Å². The number of hydrogen-bond donors (Lipinski definition) is 1. The molecule has 1 aliphatic carbocycles. The molecule has 2 saturated heterocycles. The fraction of sp³-hybridized carbons (Fsp3) is 1.00. The Morgan fingerprint density at radius 3 is 2.33 bits per heavy atom. The van der Waals surface area contributed by atoms with Crippen LogP contribution in [-0.2, 0) is 4.74 Å². The highest BCUT2D eigenvalue weighted by molar-refractivity contribution is 5.04. The molecule has 0 radical (unpaired) electrons. The van der Waals surface area contributed by atoms with Gasteiger partial charge in [0.25, 0.3) is 0 Å². The molecule has 2 heteroatoms. The summed E-state index contributed by atoms with van der Waals surface area (Å²) in [6.45, 7) is 3.57. The van der Waals surface area contributed by atoms with E-state index in [9.17, 15) is 5.11 Å². The SMILES string of the molecule is CC12COCC(O)(C1)C2. The summed E-state index contributed by atoms with van der Waals surface area (Å²) >= 11 is 0. The van der Waals surface area contributed by atoms with E-state index >= 15 is 0 Å². The monoisotopic (exact) mass is 128 g/mol. The van der Waals surface area contributed by atoms with Crippen molar-refractivity contribution in [2.75, 3.05) is 13.2 Å². The van der Waals surface area contributed by atoms with Gasteiger partial charge in [0.15, 0.2) is 0 Å². The molecule has 0 aromatic rings. The Bertz CT molecular complexity index is 122. The molecule has 0 amide bonds. The van der Waals surface area contributed by atoms with Crippen molar-refractivity contribution in [2.24, 2.45) is 5.41 Å². The second-order valence-electron chi connectivity index (χ2n) is 3.88. The summed E-state index contributed by atoms with van der Waals surface area (Å²) in [4.78, 5) is 0. The lowest BCUT2D eigenvalue weighted by Gasteiger charge is -2.55. The lowest BCUT2D eigenvalue weighted by Crippen LogP contribution is -2.59. The van der Waals surface area contributed by atoms with Crippen molar-refractivity contribution >= 4 is 0 Å². The van der Waals surface area contributed by atoms with Gasteiger partial charge in [0.2, 0.25) is 0 Å². The van der Waals surface area contributed by atoms with Crippen molar-refractivity contribution in [3.63, 3.8) is 0 Å². The lowest BCUT2D eigenvalue weighted by molar-refractivity contribution is -0.230. The molecule has 1 saturated carbocycles. The largest absolute Gasteiger partial charge is 0.387 e. The highest BCUT2D eigenvalue weighted by Gasteiger charge is 2.54. The van der Waals surface area contributed by atoms with E-state index in [0.29, 0.717) is 12.0 Å². The average molecular weight is 128 g/mol. The molecule has 3 fully saturated rings. The van der Waals surface area contributed by atoms with Gasteiger partial charge in [0, 0.05) is 0 Å². The summed E-state index contributed by atoms with van der Waals surface area (Å²) in [5, 5.41) is 9.48. The first-order valence-corrected chi connectivity index (χ1v) is 3.42. The van der Waals surface area contributed by atoms with Crippen LogP contribution in [0.25, 0.3) is 0 Å². The topological polar surface area (TPSA) is 29.5 Å². The lowest BCUT2D eigenvalue weighted by atomic mass is 9.59. The molecular formula is C7H12O2. The van der Waals surface area contributed by atoms with E-state index in [4.69, 9.17) is 4.74 Å². The van der Waals surface area contributed by atoms with Gasteiger partial charge in [0.1, 0.15) is 0 Å². The molecule has 0 aromatic carbocycles. The maximum absolute atomic E-state index is 9.48. The molecule has 2 nitrogen and oxygen atoms in total. The highest BCUT2D eigenvalue weighted by Crippen LogP contribution is 2.51. The van der Waals surface area contributed by atoms with E-state index in [2.05, 4.69) is 6.92 Å². The molecule has 3 aliphatic rings. The van der Waals surface area contributed by atoms with Crippen LogP contribution >= 0.6 is 0 Å². The van der Waals surface area contributed by atoms with Crippen LogP contribution in [0.2, 0.25) is 0 Å². The maximum Gasteiger partial charge on any atom is 0.0892 e. The van der Waals surface area contributed by atoms with Crippen LogP contribution < -0.4 is 0 Å². The van der Waals surface area contributed by atoms with Crippen LogP contribution in [0.4, 0.5) is 0 Å². The van der Waals surface area contributed by atoms with Gasteiger partial charge in [-0.15, -0.1) is 0 Å². The third kappa shape index (κ3) is 0.700. The third-order valence-electron chi connectivity index (χ3n) is 2.33. The molecule has 9 heavy (non-hydrogen) atoms. The molecule has 1 N–H and O–H groups in total. The van der Waals surface area contributed by atoms with Crippen LogP contribution in [0, 0.1) is 5.41 Å². The highest BCUT2D eigenvalue weighted by atomic mass is 16.5. The van der Waals surface area contributed by atoms with Gasteiger partial charge in [-0.25, -0.2) is 0 Å². The minimum Gasteiger partial charge on any atom is -0.387 e. The quantitative estimate of drug-likeness (QED) is 0.516. The van der Waals surface area contributed by atoms with Gasteiger partial charge >= 0.3 is 0 Å². The van der Waals surface area contributed by atoms with E-state index in [0.717, 1.165) is 19.4 Å². The first kappa shape index (κ1) is 5.69. The standard InChI is InChI=1S/C7H12O2/c1-6-2-7(8,3-6)5-9-4-6/h8H,2-5H2,1H3. The Morgan fingerprint density at radius 2 is 2.00 bits per heavy atom. The van der Waals surface area contributed by atoms with Crippen LogP contribution in [0.1, 0.15) is 19.8 Å². The molecule has 0 atom stereocenters. The zero-order valence-electron chi connectivity index (χ0n) is 5.68. The molecule has 0 unspecified atom stereocenters. The van der Waals surface area contributed by atoms with Crippen molar-refractivity contribution < 1.29 is 9.84 Å². The number of aliphatic hydroxyl groups is 1. The summed E-state index contributed by atoms with van der Waals surface area (Å²) in [7, 11) is 0. The van der Waals surface area contributed by atoms with Crippen LogP contribution in [-0.4, -0.2) is 23.9 Å². The van der Waals surface area contributed by atoms with Crippen LogP contribution in [0.5, 0.6) is 0 Å². The molecule has 3 rings (SSSR count). The maximum atomic E-state index is 9.48. The van der Waals surface area contributed by atoms with E-state index < -0.39 is 5.60 Å². The minimum absolute atomic E-state index is 0.312. The smallest absolute Gasteiger partial charge is 0.0892 e. The van der Waals surface area contributed by atoms with E-state index in [1.165, 1.54) is 0 Å². The van der Waals surface area contributed by atoms with Gasteiger partial charge < -0.3 is 9.84 Å². The normalized spacial score (nSPS) is 56.7. The molecule has 0 aromatic heterocycles. The number of hydrogen-bond acceptors (Lipinski definition) is 2. The van der Waals surface area contributed by atoms with E-state index in [1.807, 2.05) is 0 Å². The predicted octanol–water partition coefficient (Wildman–Crippen LogP) is 0.548. The van der Waals surface area contributed by atoms with Crippen LogP contribution in [0.15, 0.2) is 0 Å². The Labute approximate surface area is 54.8 Å². The summed E-state index contributed by atoms with van der Waals surface area (Å²) in [5.74, 6) is 0. The van der Waals surface area contributed by atoms with Crippen LogP contribution in [0.3, 0.4) is 0 Å². The number of fused-ring (bicyclic) bond motifs is 2. The molecule has 2 bridgehead atoms. The Morgan fingerprint density at radius 1 is 1.33 bits per heavy atom. The van der Waals surface area contributed by atoms with E-state index in [1.54, 1.807) is 0 Å².